The number of pyridine rings is 1. The van der Waals surface area contributed by atoms with Gasteiger partial charge in [0.15, 0.2) is 5.82 Å². The Bertz CT molecular complexity index is 1400. The number of piperazine rings is 1. The number of hydrogen-bond acceptors (Lipinski definition) is 7. The highest BCUT2D eigenvalue weighted by Crippen LogP contribution is 2.35. The monoisotopic (exact) mass is 514 g/mol. The predicted molar refractivity (Wildman–Crippen MR) is 148 cm³/mol. The number of nitrogens with one attached hydrogen (secondary N) is 1. The van der Waals surface area contributed by atoms with Crippen molar-refractivity contribution in [2.45, 2.75) is 52.1 Å². The van der Waals surface area contributed by atoms with Crippen molar-refractivity contribution in [3.05, 3.63) is 59.9 Å². The van der Waals surface area contributed by atoms with Crippen LogP contribution in [0.4, 0.5) is 16.2 Å². The molecule has 1 aromatic carbocycles. The van der Waals surface area contributed by atoms with Crippen molar-refractivity contribution in [1.29, 1.82) is 0 Å². The first-order chi connectivity index (χ1) is 18.6. The molecule has 4 aromatic rings. The van der Waals surface area contributed by atoms with E-state index in [4.69, 9.17) is 4.98 Å². The van der Waals surface area contributed by atoms with E-state index in [-0.39, 0.29) is 5.69 Å². The maximum atomic E-state index is 14.9. The summed E-state index contributed by atoms with van der Waals surface area (Å²) in [5.41, 5.74) is 4.12. The van der Waals surface area contributed by atoms with Gasteiger partial charge in [0, 0.05) is 50.5 Å². The number of aromatic nitrogens is 5. The molecule has 1 saturated carbocycles. The van der Waals surface area contributed by atoms with E-state index >= 15 is 0 Å². The summed E-state index contributed by atoms with van der Waals surface area (Å²) in [7, 11) is 0. The molecule has 0 radical (unpaired) electrons. The molecule has 2 fully saturated rings. The van der Waals surface area contributed by atoms with Gasteiger partial charge in [0.1, 0.15) is 17.3 Å². The van der Waals surface area contributed by atoms with Crippen LogP contribution in [0.15, 0.2) is 42.7 Å². The molecule has 0 amide bonds. The Morgan fingerprint density at radius 2 is 1.74 bits per heavy atom. The number of likely N-dealkylation sites (N-methyl/N-ethyl adjacent to an activating group) is 1. The van der Waals surface area contributed by atoms with Crippen molar-refractivity contribution in [1.82, 2.24) is 34.3 Å². The molecule has 9 heteroatoms. The van der Waals surface area contributed by atoms with E-state index in [0.29, 0.717) is 23.4 Å². The van der Waals surface area contributed by atoms with Gasteiger partial charge in [-0.2, -0.15) is 0 Å². The Morgan fingerprint density at radius 1 is 0.947 bits per heavy atom. The Morgan fingerprint density at radius 3 is 2.47 bits per heavy atom. The Kier molecular flexibility index (Phi) is 7.04. The number of nitrogens with zero attached hydrogens (tertiary/aromatic N) is 7. The van der Waals surface area contributed by atoms with Gasteiger partial charge >= 0.3 is 0 Å². The molecule has 1 saturated heterocycles. The molecule has 1 aliphatic heterocycles. The number of anilines is 2. The first kappa shape index (κ1) is 24.9. The third-order valence-electron chi connectivity index (χ3n) is 7.96. The molecule has 1 aliphatic carbocycles. The number of halogens is 1. The molecule has 3 aromatic heterocycles. The summed E-state index contributed by atoms with van der Waals surface area (Å²) in [4.78, 5) is 22.9. The molecular weight excluding hydrogens is 479 g/mol. The van der Waals surface area contributed by atoms with Crippen molar-refractivity contribution < 1.29 is 4.39 Å². The summed E-state index contributed by atoms with van der Waals surface area (Å²) in [6.45, 7) is 10.7. The van der Waals surface area contributed by atoms with Crippen molar-refractivity contribution in [3.8, 4) is 11.3 Å². The topological polar surface area (TPSA) is 75.0 Å². The second-order valence-electron chi connectivity index (χ2n) is 10.4. The fraction of sp³-hybridized carbons (Fsp3) is 0.448. The van der Waals surface area contributed by atoms with Gasteiger partial charge in [-0.05, 0) is 50.1 Å². The van der Waals surface area contributed by atoms with Crippen LogP contribution in [-0.4, -0.2) is 67.0 Å². The number of hydrogen-bond donors (Lipinski definition) is 1. The van der Waals surface area contributed by atoms with Gasteiger partial charge in [0.2, 0.25) is 5.95 Å². The van der Waals surface area contributed by atoms with Crippen molar-refractivity contribution >= 4 is 22.8 Å². The zero-order valence-corrected chi connectivity index (χ0v) is 22.2. The minimum absolute atomic E-state index is 0.268. The van der Waals surface area contributed by atoms with Gasteiger partial charge in [-0.1, -0.05) is 31.9 Å². The van der Waals surface area contributed by atoms with Crippen LogP contribution in [-0.2, 0) is 6.54 Å². The summed E-state index contributed by atoms with van der Waals surface area (Å²) in [5.74, 6) is 1.50. The van der Waals surface area contributed by atoms with Crippen LogP contribution in [0.1, 0.15) is 50.0 Å². The van der Waals surface area contributed by atoms with Gasteiger partial charge in [-0.15, -0.1) is 0 Å². The van der Waals surface area contributed by atoms with Crippen LogP contribution < -0.4 is 5.32 Å². The predicted octanol–water partition coefficient (Wildman–Crippen LogP) is 5.33. The molecule has 0 spiro atoms. The van der Waals surface area contributed by atoms with E-state index in [1.165, 1.54) is 24.6 Å². The fourth-order valence-corrected chi connectivity index (χ4v) is 5.84. The molecule has 0 atom stereocenters. The summed E-state index contributed by atoms with van der Waals surface area (Å²) in [6, 6.07) is 10.3. The normalized spacial score (nSPS) is 17.4. The number of fused-ring (bicyclic) bond motifs is 1. The summed E-state index contributed by atoms with van der Waals surface area (Å²) in [5, 5.41) is 3.15. The second-order valence-corrected chi connectivity index (χ2v) is 10.4. The summed E-state index contributed by atoms with van der Waals surface area (Å²) >= 11 is 0. The number of imidazole rings is 1. The largest absolute Gasteiger partial charge is 0.325 e. The maximum Gasteiger partial charge on any atom is 0.229 e. The van der Waals surface area contributed by atoms with Gasteiger partial charge in [0.25, 0.3) is 0 Å². The SMILES string of the molecule is CCN1CCN(Cc2ccc(Nc3ncc(F)c(-c4ccc5nc(C)n(C6CCCC6)c5c4)n3)nc2)CC1. The lowest BCUT2D eigenvalue weighted by Crippen LogP contribution is -2.45. The molecule has 8 nitrogen and oxygen atoms in total. The fourth-order valence-electron chi connectivity index (χ4n) is 5.84. The number of aryl methyl sites for hydroxylation is 1. The van der Waals surface area contributed by atoms with Crippen LogP contribution in [0.5, 0.6) is 0 Å². The molecular formula is C29H35FN8. The molecule has 2 aliphatic rings. The molecule has 0 unspecified atom stereocenters. The van der Waals surface area contributed by atoms with E-state index in [1.807, 2.05) is 30.5 Å². The lowest BCUT2D eigenvalue weighted by molar-refractivity contribution is 0.132. The first-order valence-electron chi connectivity index (χ1n) is 13.8. The molecule has 198 valence electrons. The van der Waals surface area contributed by atoms with Crippen molar-refractivity contribution in [2.75, 3.05) is 38.0 Å². The third kappa shape index (κ3) is 5.13. The van der Waals surface area contributed by atoms with Gasteiger partial charge in [-0.25, -0.2) is 24.3 Å². The van der Waals surface area contributed by atoms with E-state index < -0.39 is 5.82 Å². The highest BCUT2D eigenvalue weighted by molar-refractivity contribution is 5.82. The van der Waals surface area contributed by atoms with E-state index in [1.54, 1.807) is 0 Å². The number of rotatable bonds is 7. The van der Waals surface area contributed by atoms with Gasteiger partial charge < -0.3 is 14.8 Å². The summed E-state index contributed by atoms with van der Waals surface area (Å²) in [6.07, 6.45) is 7.91. The standard InChI is InChI=1S/C29H35FN8/c1-3-36-12-14-37(15-13-36)19-21-8-11-27(31-17-21)34-29-32-18-24(30)28(35-29)22-9-10-25-26(16-22)38(20(2)33-25)23-6-4-5-7-23/h8-11,16-18,23H,3-7,12-15,19H2,1-2H3,(H,31,32,34,35). The molecule has 0 bridgehead atoms. The summed E-state index contributed by atoms with van der Waals surface area (Å²) < 4.78 is 17.2. The Labute approximate surface area is 222 Å². The highest BCUT2D eigenvalue weighted by Gasteiger charge is 2.22. The molecule has 4 heterocycles. The smallest absolute Gasteiger partial charge is 0.229 e. The van der Waals surface area contributed by atoms with E-state index in [2.05, 4.69) is 54.5 Å². The minimum Gasteiger partial charge on any atom is -0.325 e. The van der Waals surface area contributed by atoms with Crippen LogP contribution in [0.2, 0.25) is 0 Å². The van der Waals surface area contributed by atoms with Gasteiger partial charge in [-0.3, -0.25) is 4.90 Å². The number of benzene rings is 1. The molecule has 6 rings (SSSR count). The van der Waals surface area contributed by atoms with Crippen molar-refractivity contribution in [3.63, 3.8) is 0 Å². The third-order valence-corrected chi connectivity index (χ3v) is 7.96. The zero-order chi connectivity index (χ0) is 26.1. The Balaban J connectivity index is 1.19. The van der Waals surface area contributed by atoms with Crippen LogP contribution in [0.3, 0.4) is 0 Å². The highest BCUT2D eigenvalue weighted by atomic mass is 19.1. The molecule has 38 heavy (non-hydrogen) atoms. The van der Waals surface area contributed by atoms with Crippen LogP contribution in [0, 0.1) is 12.7 Å². The van der Waals surface area contributed by atoms with E-state index in [0.717, 1.165) is 69.0 Å². The average Bonchev–Trinajstić information content (AvgIpc) is 3.58. The maximum absolute atomic E-state index is 14.9. The van der Waals surface area contributed by atoms with Crippen LogP contribution >= 0.6 is 0 Å². The first-order valence-corrected chi connectivity index (χ1v) is 13.8. The molecule has 1 N–H and O–H groups in total. The van der Waals surface area contributed by atoms with Crippen LogP contribution in [0.25, 0.3) is 22.3 Å². The van der Waals surface area contributed by atoms with E-state index in [9.17, 15) is 4.39 Å². The second kappa shape index (κ2) is 10.7. The lowest BCUT2D eigenvalue weighted by atomic mass is 10.1. The Hall–Kier alpha value is -3.43. The minimum atomic E-state index is -0.454. The van der Waals surface area contributed by atoms with Gasteiger partial charge in [0.05, 0.1) is 17.2 Å². The quantitative estimate of drug-likeness (QED) is 0.357. The lowest BCUT2D eigenvalue weighted by Gasteiger charge is -2.33. The zero-order valence-electron chi connectivity index (χ0n) is 22.2. The average molecular weight is 515 g/mol. The van der Waals surface area contributed by atoms with Crippen molar-refractivity contribution in [2.24, 2.45) is 0 Å².